The highest BCUT2D eigenvalue weighted by Crippen LogP contribution is 2.23. The lowest BCUT2D eigenvalue weighted by molar-refractivity contribution is -0.119. The van der Waals surface area contributed by atoms with E-state index in [0.717, 1.165) is 11.8 Å². The van der Waals surface area contributed by atoms with E-state index in [0.29, 0.717) is 30.6 Å². The largest absolute Gasteiger partial charge is 0.465 e. The third kappa shape index (κ3) is 3.89. The number of carbonyl (C=O) groups excluding carboxylic acids is 2. The Labute approximate surface area is 135 Å². The number of aryl methyl sites for hydroxylation is 1. The maximum atomic E-state index is 12.4. The van der Waals surface area contributed by atoms with E-state index >= 15 is 0 Å². The van der Waals surface area contributed by atoms with Crippen molar-refractivity contribution in [3.63, 3.8) is 0 Å². The predicted octanol–water partition coefficient (Wildman–Crippen LogP) is 1.14. The number of nitrogens with one attached hydrogen (secondary N) is 1. The van der Waals surface area contributed by atoms with Crippen molar-refractivity contribution >= 4 is 27.6 Å². The van der Waals surface area contributed by atoms with Crippen LogP contribution in [0.1, 0.15) is 28.8 Å². The lowest BCUT2D eigenvalue weighted by atomic mass is 10.1. The van der Waals surface area contributed by atoms with Gasteiger partial charge in [0.15, 0.2) is 0 Å². The van der Waals surface area contributed by atoms with Crippen LogP contribution in [0.5, 0.6) is 0 Å². The first-order valence-corrected chi connectivity index (χ1v) is 9.05. The van der Waals surface area contributed by atoms with Gasteiger partial charge in [0.25, 0.3) is 0 Å². The van der Waals surface area contributed by atoms with Gasteiger partial charge in [0.1, 0.15) is 6.04 Å². The molecule has 23 heavy (non-hydrogen) atoms. The maximum absolute atomic E-state index is 12.4. The first kappa shape index (κ1) is 17.4. The van der Waals surface area contributed by atoms with Crippen molar-refractivity contribution in [1.29, 1.82) is 0 Å². The van der Waals surface area contributed by atoms with E-state index in [2.05, 4.69) is 10.1 Å². The van der Waals surface area contributed by atoms with Gasteiger partial charge in [0.2, 0.25) is 15.9 Å². The minimum atomic E-state index is -3.43. The molecule has 0 aromatic heterocycles. The van der Waals surface area contributed by atoms with Crippen LogP contribution < -0.4 is 5.32 Å². The Bertz CT molecular complexity index is 729. The molecule has 1 fully saturated rings. The Morgan fingerprint density at radius 1 is 1.35 bits per heavy atom. The SMILES string of the molecule is COC(=O)c1ccc(C)c(NC(=O)[C@@H]2CCCN2S(C)(=O)=O)c1. The van der Waals surface area contributed by atoms with Crippen molar-refractivity contribution in [1.82, 2.24) is 4.31 Å². The Morgan fingerprint density at radius 2 is 2.04 bits per heavy atom. The fourth-order valence-corrected chi connectivity index (χ4v) is 3.74. The molecule has 1 amide bonds. The van der Waals surface area contributed by atoms with E-state index in [1.807, 2.05) is 0 Å². The summed E-state index contributed by atoms with van der Waals surface area (Å²) < 4.78 is 29.3. The molecule has 1 aromatic carbocycles. The van der Waals surface area contributed by atoms with Crippen molar-refractivity contribution < 1.29 is 22.7 Å². The molecule has 126 valence electrons. The van der Waals surface area contributed by atoms with Crippen LogP contribution in [0.4, 0.5) is 5.69 Å². The number of anilines is 1. The summed E-state index contributed by atoms with van der Waals surface area (Å²) in [5.41, 5.74) is 1.56. The van der Waals surface area contributed by atoms with E-state index < -0.39 is 27.9 Å². The topological polar surface area (TPSA) is 92.8 Å². The van der Waals surface area contributed by atoms with Crippen LogP contribution in [0, 0.1) is 6.92 Å². The van der Waals surface area contributed by atoms with Crippen LogP contribution >= 0.6 is 0 Å². The number of esters is 1. The van der Waals surface area contributed by atoms with Crippen molar-refractivity contribution in [2.45, 2.75) is 25.8 Å². The van der Waals surface area contributed by atoms with E-state index in [1.54, 1.807) is 19.1 Å². The lowest BCUT2D eigenvalue weighted by Crippen LogP contribution is -2.42. The third-order valence-electron chi connectivity index (χ3n) is 3.85. The number of hydrogen-bond acceptors (Lipinski definition) is 5. The summed E-state index contributed by atoms with van der Waals surface area (Å²) in [7, 11) is -2.15. The number of methoxy groups -OCH3 is 1. The second-order valence-electron chi connectivity index (χ2n) is 5.54. The number of rotatable bonds is 4. The molecule has 0 saturated carbocycles. The second kappa shape index (κ2) is 6.67. The summed E-state index contributed by atoms with van der Waals surface area (Å²) in [6, 6.07) is 4.12. The molecule has 1 aromatic rings. The normalized spacial score (nSPS) is 18.7. The smallest absolute Gasteiger partial charge is 0.337 e. The van der Waals surface area contributed by atoms with E-state index in [4.69, 9.17) is 0 Å². The minimum absolute atomic E-state index is 0.319. The minimum Gasteiger partial charge on any atom is -0.465 e. The molecular formula is C15H20N2O5S. The molecular weight excluding hydrogens is 320 g/mol. The van der Waals surface area contributed by atoms with Gasteiger partial charge in [0, 0.05) is 12.2 Å². The number of sulfonamides is 1. The molecule has 0 unspecified atom stereocenters. The molecule has 1 atom stereocenters. The fraction of sp³-hybridized carbons (Fsp3) is 0.467. The van der Waals surface area contributed by atoms with Gasteiger partial charge in [-0.3, -0.25) is 4.79 Å². The molecule has 1 heterocycles. The number of ether oxygens (including phenoxy) is 1. The van der Waals surface area contributed by atoms with Gasteiger partial charge in [-0.05, 0) is 37.5 Å². The van der Waals surface area contributed by atoms with Gasteiger partial charge < -0.3 is 10.1 Å². The van der Waals surface area contributed by atoms with Crippen LogP contribution in [0.2, 0.25) is 0 Å². The second-order valence-corrected chi connectivity index (χ2v) is 7.48. The highest BCUT2D eigenvalue weighted by atomic mass is 32.2. The van der Waals surface area contributed by atoms with Gasteiger partial charge in [0.05, 0.1) is 18.9 Å². The summed E-state index contributed by atoms with van der Waals surface area (Å²) in [5, 5.41) is 2.72. The van der Waals surface area contributed by atoms with Crippen LogP contribution in [-0.2, 0) is 19.6 Å². The van der Waals surface area contributed by atoms with Crippen LogP contribution in [-0.4, -0.2) is 50.6 Å². The number of hydrogen-bond donors (Lipinski definition) is 1. The Balaban J connectivity index is 2.22. The molecule has 1 aliphatic heterocycles. The van der Waals surface area contributed by atoms with Crippen LogP contribution in [0.3, 0.4) is 0 Å². The molecule has 1 N–H and O–H groups in total. The van der Waals surface area contributed by atoms with Crippen molar-refractivity contribution in [3.05, 3.63) is 29.3 Å². The zero-order valence-corrected chi connectivity index (χ0v) is 14.1. The van der Waals surface area contributed by atoms with Crippen LogP contribution in [0.15, 0.2) is 18.2 Å². The van der Waals surface area contributed by atoms with Crippen molar-refractivity contribution in [2.24, 2.45) is 0 Å². The first-order valence-electron chi connectivity index (χ1n) is 7.20. The molecule has 2 rings (SSSR count). The molecule has 0 bridgehead atoms. The standard InChI is InChI=1S/C15H20N2O5S/c1-10-6-7-11(15(19)22-2)9-12(10)16-14(18)13-5-4-8-17(13)23(3,20)21/h6-7,9,13H,4-5,8H2,1-3H3,(H,16,18)/t13-/m0/s1. The zero-order valence-electron chi connectivity index (χ0n) is 13.3. The summed E-state index contributed by atoms with van der Waals surface area (Å²) in [6.07, 6.45) is 2.22. The van der Waals surface area contributed by atoms with E-state index in [9.17, 15) is 18.0 Å². The Kier molecular flexibility index (Phi) is 5.06. The quantitative estimate of drug-likeness (QED) is 0.830. The number of amides is 1. The Morgan fingerprint density at radius 3 is 2.65 bits per heavy atom. The van der Waals surface area contributed by atoms with Gasteiger partial charge >= 0.3 is 5.97 Å². The van der Waals surface area contributed by atoms with Gasteiger partial charge in [-0.25, -0.2) is 13.2 Å². The predicted molar refractivity (Wildman–Crippen MR) is 85.7 cm³/mol. The van der Waals surface area contributed by atoms with E-state index in [1.165, 1.54) is 17.5 Å². The molecule has 1 saturated heterocycles. The number of nitrogens with zero attached hydrogens (tertiary/aromatic N) is 1. The lowest BCUT2D eigenvalue weighted by Gasteiger charge is -2.22. The van der Waals surface area contributed by atoms with Crippen molar-refractivity contribution in [3.8, 4) is 0 Å². The molecule has 0 radical (unpaired) electrons. The van der Waals surface area contributed by atoms with Crippen molar-refractivity contribution in [2.75, 3.05) is 25.2 Å². The zero-order chi connectivity index (χ0) is 17.2. The summed E-state index contributed by atoms with van der Waals surface area (Å²) in [6.45, 7) is 2.14. The molecule has 7 nitrogen and oxygen atoms in total. The van der Waals surface area contributed by atoms with Gasteiger partial charge in [-0.15, -0.1) is 0 Å². The third-order valence-corrected chi connectivity index (χ3v) is 5.14. The molecule has 0 aliphatic carbocycles. The molecule has 1 aliphatic rings. The summed E-state index contributed by atoms with van der Waals surface area (Å²) in [4.78, 5) is 24.0. The average Bonchev–Trinajstić information content (AvgIpc) is 2.98. The van der Waals surface area contributed by atoms with Gasteiger partial charge in [-0.2, -0.15) is 4.31 Å². The van der Waals surface area contributed by atoms with Gasteiger partial charge in [-0.1, -0.05) is 6.07 Å². The Hall–Kier alpha value is -1.93. The molecule has 8 heteroatoms. The highest BCUT2D eigenvalue weighted by Gasteiger charge is 2.36. The number of benzene rings is 1. The van der Waals surface area contributed by atoms with E-state index in [-0.39, 0.29) is 0 Å². The maximum Gasteiger partial charge on any atom is 0.337 e. The first-order chi connectivity index (χ1) is 10.7. The monoisotopic (exact) mass is 340 g/mol. The number of carbonyl (C=O) groups is 2. The summed E-state index contributed by atoms with van der Waals surface area (Å²) in [5.74, 6) is -0.892. The molecule has 0 spiro atoms. The highest BCUT2D eigenvalue weighted by molar-refractivity contribution is 7.88. The summed E-state index contributed by atoms with van der Waals surface area (Å²) >= 11 is 0. The average molecular weight is 340 g/mol. The fourth-order valence-electron chi connectivity index (χ4n) is 2.62. The van der Waals surface area contributed by atoms with Crippen LogP contribution in [0.25, 0.3) is 0 Å².